The van der Waals surface area contributed by atoms with Gasteiger partial charge in [0.2, 0.25) is 5.91 Å². The molecule has 1 aliphatic heterocycles. The van der Waals surface area contributed by atoms with Crippen LogP contribution in [-0.4, -0.2) is 56.8 Å². The predicted octanol–water partition coefficient (Wildman–Crippen LogP) is 5.80. The molecule has 46 heavy (non-hydrogen) atoms. The van der Waals surface area contributed by atoms with Gasteiger partial charge in [0.1, 0.15) is 30.2 Å². The highest BCUT2D eigenvalue weighted by Crippen LogP contribution is 2.48. The Morgan fingerprint density at radius 3 is 2.46 bits per heavy atom. The number of fused-ring (bicyclic) bond motifs is 1. The molecule has 0 radical (unpaired) electrons. The number of nitrogens with zero attached hydrogens (tertiary/aromatic N) is 5. The Bertz CT molecular complexity index is 1870. The number of nitrogens with one attached hydrogen (secondary N) is 1. The highest BCUT2D eigenvalue weighted by Gasteiger charge is 2.44. The summed E-state index contributed by atoms with van der Waals surface area (Å²) < 4.78 is 13.1. The quantitative estimate of drug-likeness (QED) is 0.223. The minimum Gasteiger partial charge on any atom is -0.495 e. The van der Waals surface area contributed by atoms with Gasteiger partial charge in [-0.2, -0.15) is 5.10 Å². The van der Waals surface area contributed by atoms with Crippen LogP contribution >= 0.6 is 0 Å². The van der Waals surface area contributed by atoms with Crippen molar-refractivity contribution in [1.29, 1.82) is 0 Å². The van der Waals surface area contributed by atoms with Crippen molar-refractivity contribution in [2.24, 2.45) is 5.92 Å². The van der Waals surface area contributed by atoms with Crippen molar-refractivity contribution in [3.63, 3.8) is 0 Å². The van der Waals surface area contributed by atoms with Gasteiger partial charge in [0.05, 0.1) is 24.2 Å². The minimum atomic E-state index is -0.323. The third-order valence-corrected chi connectivity index (χ3v) is 8.88. The van der Waals surface area contributed by atoms with Crippen LogP contribution in [0.25, 0.3) is 22.3 Å². The Labute approximate surface area is 266 Å². The molecule has 2 unspecified atom stereocenters. The summed E-state index contributed by atoms with van der Waals surface area (Å²) in [4.78, 5) is 36.4. The average molecular weight is 618 g/mol. The summed E-state index contributed by atoms with van der Waals surface area (Å²) in [7, 11) is 1.57. The molecule has 1 aliphatic carbocycles. The number of hydrogen-bond acceptors (Lipinski definition) is 8. The third-order valence-electron chi connectivity index (χ3n) is 8.88. The molecular weight excluding hydrogens is 582 g/mol. The molecule has 11 nitrogen and oxygen atoms in total. The molecule has 1 saturated heterocycles. The van der Waals surface area contributed by atoms with Crippen LogP contribution < -0.4 is 15.8 Å². The summed E-state index contributed by atoms with van der Waals surface area (Å²) in [6.07, 6.45) is 3.30. The fraction of sp³-hybridized carbons (Fsp3) is 0.286. The molecule has 2 aliphatic rings. The van der Waals surface area contributed by atoms with Crippen molar-refractivity contribution >= 4 is 34.5 Å². The normalized spacial score (nSPS) is 17.9. The smallest absolute Gasteiger partial charge is 0.410 e. The first-order chi connectivity index (χ1) is 22.5. The lowest BCUT2D eigenvalue weighted by atomic mass is 10.1. The number of aromatic nitrogens is 4. The molecule has 1 saturated carbocycles. The zero-order valence-electron chi connectivity index (χ0n) is 25.5. The van der Waals surface area contributed by atoms with E-state index >= 15 is 0 Å². The number of methoxy groups -OCH3 is 1. The summed E-state index contributed by atoms with van der Waals surface area (Å²) >= 11 is 0. The summed E-state index contributed by atoms with van der Waals surface area (Å²) in [5.74, 6) is 0.980. The van der Waals surface area contributed by atoms with Crippen LogP contribution in [0.3, 0.4) is 0 Å². The van der Waals surface area contributed by atoms with Crippen LogP contribution in [-0.2, 0) is 16.1 Å². The molecule has 234 valence electrons. The molecule has 3 heterocycles. The van der Waals surface area contributed by atoms with Crippen LogP contribution in [0.4, 0.5) is 16.3 Å². The van der Waals surface area contributed by atoms with Gasteiger partial charge >= 0.3 is 6.09 Å². The number of rotatable bonds is 8. The third kappa shape index (κ3) is 5.83. The van der Waals surface area contributed by atoms with Crippen molar-refractivity contribution in [1.82, 2.24) is 24.6 Å². The maximum atomic E-state index is 13.1. The summed E-state index contributed by atoms with van der Waals surface area (Å²) in [5, 5.41) is 8.70. The van der Waals surface area contributed by atoms with Crippen molar-refractivity contribution in [3.8, 4) is 17.0 Å². The average Bonchev–Trinajstić information content (AvgIpc) is 3.82. The molecule has 0 bridgehead atoms. The van der Waals surface area contributed by atoms with Crippen LogP contribution in [0.2, 0.25) is 0 Å². The molecule has 3 N–H and O–H groups in total. The monoisotopic (exact) mass is 617 g/mol. The number of nitrogens with two attached hydrogens (primary N) is 1. The van der Waals surface area contributed by atoms with E-state index in [4.69, 9.17) is 20.3 Å². The van der Waals surface area contributed by atoms with Crippen molar-refractivity contribution in [3.05, 3.63) is 96.3 Å². The second kappa shape index (κ2) is 12.5. The topological polar surface area (TPSA) is 137 Å². The molecule has 7 rings (SSSR count). The fourth-order valence-electron chi connectivity index (χ4n) is 6.28. The molecule has 2 fully saturated rings. The van der Waals surface area contributed by atoms with Crippen molar-refractivity contribution < 1.29 is 19.1 Å². The number of piperidine rings is 1. The standard InChI is InChI=1S/C35H35N7O4/c1-45-29-18-24(12-13-28(29)39-34(43)27-19-26(27)23-10-6-3-7-11-23)31-30-32(36)37-21-38-33(30)42(40-31)25-14-16-41(17-15-25)35(44)46-20-22-8-4-2-5-9-22/h2-13,18,21,25-27H,14-17,19-20H2,1H3,(H,39,43)(H2,36,37,38). The maximum Gasteiger partial charge on any atom is 0.410 e. The van der Waals surface area contributed by atoms with E-state index in [1.807, 2.05) is 71.4 Å². The zero-order valence-corrected chi connectivity index (χ0v) is 25.5. The van der Waals surface area contributed by atoms with Crippen LogP contribution in [0, 0.1) is 5.92 Å². The van der Waals surface area contributed by atoms with Gasteiger partial charge in [0.25, 0.3) is 0 Å². The van der Waals surface area contributed by atoms with Gasteiger partial charge in [-0.3, -0.25) is 4.79 Å². The van der Waals surface area contributed by atoms with E-state index in [1.54, 1.807) is 12.0 Å². The van der Waals surface area contributed by atoms with Crippen molar-refractivity contribution in [2.45, 2.75) is 37.8 Å². The molecule has 3 aromatic carbocycles. The first-order valence-electron chi connectivity index (χ1n) is 15.5. The molecule has 0 spiro atoms. The largest absolute Gasteiger partial charge is 0.495 e. The number of carbonyl (C=O) groups is 2. The lowest BCUT2D eigenvalue weighted by molar-refractivity contribution is -0.117. The highest BCUT2D eigenvalue weighted by molar-refractivity contribution is 6.00. The number of nitrogen functional groups attached to an aromatic ring is 1. The van der Waals surface area contributed by atoms with E-state index < -0.39 is 0 Å². The fourth-order valence-corrected chi connectivity index (χ4v) is 6.28. The lowest BCUT2D eigenvalue weighted by Gasteiger charge is -2.31. The highest BCUT2D eigenvalue weighted by atomic mass is 16.6. The van der Waals surface area contributed by atoms with E-state index in [1.165, 1.54) is 11.9 Å². The first kappa shape index (κ1) is 29.3. The first-order valence-corrected chi connectivity index (χ1v) is 15.5. The molecule has 2 aromatic heterocycles. The lowest BCUT2D eigenvalue weighted by Crippen LogP contribution is -2.39. The van der Waals surface area contributed by atoms with E-state index in [9.17, 15) is 9.59 Å². The van der Waals surface area contributed by atoms with E-state index in [0.29, 0.717) is 59.9 Å². The summed E-state index contributed by atoms with van der Waals surface area (Å²) in [5.41, 5.74) is 11.1. The number of anilines is 2. The summed E-state index contributed by atoms with van der Waals surface area (Å²) in [6.45, 7) is 1.30. The Hall–Kier alpha value is -5.45. The van der Waals surface area contributed by atoms with Gasteiger partial charge in [-0.05, 0) is 48.4 Å². The van der Waals surface area contributed by atoms with E-state index in [-0.39, 0.29) is 36.5 Å². The van der Waals surface area contributed by atoms with Gasteiger partial charge in [0.15, 0.2) is 5.65 Å². The van der Waals surface area contributed by atoms with Crippen LogP contribution in [0.1, 0.15) is 42.3 Å². The second-order valence-corrected chi connectivity index (χ2v) is 11.8. The predicted molar refractivity (Wildman–Crippen MR) is 174 cm³/mol. The Kier molecular flexibility index (Phi) is 7.96. The maximum absolute atomic E-state index is 13.1. The number of likely N-dealkylation sites (tertiary alicyclic amines) is 1. The number of hydrogen-bond donors (Lipinski definition) is 2. The van der Waals surface area contributed by atoms with E-state index in [0.717, 1.165) is 17.5 Å². The molecule has 5 aromatic rings. The number of ether oxygens (including phenoxy) is 2. The van der Waals surface area contributed by atoms with Crippen LogP contribution in [0.15, 0.2) is 85.2 Å². The Balaban J connectivity index is 1.07. The zero-order chi connectivity index (χ0) is 31.6. The number of amides is 2. The summed E-state index contributed by atoms with van der Waals surface area (Å²) in [6, 6.07) is 25.3. The molecular formula is C35H35N7O4. The minimum absolute atomic E-state index is 0.000262. The van der Waals surface area contributed by atoms with Gasteiger partial charge in [-0.25, -0.2) is 19.4 Å². The molecule has 2 amide bonds. The van der Waals surface area contributed by atoms with Crippen LogP contribution in [0.5, 0.6) is 5.75 Å². The van der Waals surface area contributed by atoms with Gasteiger partial charge in [-0.15, -0.1) is 0 Å². The number of carbonyl (C=O) groups excluding carboxylic acids is 2. The van der Waals surface area contributed by atoms with Crippen molar-refractivity contribution in [2.75, 3.05) is 31.2 Å². The van der Waals surface area contributed by atoms with Gasteiger partial charge in [0, 0.05) is 24.6 Å². The SMILES string of the molecule is COc1cc(-c2nn(C3CCN(C(=O)OCc4ccccc4)CC3)c3ncnc(N)c23)ccc1NC(=O)C1CC1c1ccccc1. The molecule has 11 heteroatoms. The van der Waals surface area contributed by atoms with Gasteiger partial charge < -0.3 is 25.4 Å². The Morgan fingerprint density at radius 2 is 1.72 bits per heavy atom. The van der Waals surface area contributed by atoms with E-state index in [2.05, 4.69) is 27.4 Å². The Morgan fingerprint density at radius 1 is 0.978 bits per heavy atom. The molecule has 2 atom stereocenters. The number of benzene rings is 3. The second-order valence-electron chi connectivity index (χ2n) is 11.8. The van der Waals surface area contributed by atoms with Gasteiger partial charge in [-0.1, -0.05) is 66.7 Å².